The van der Waals surface area contributed by atoms with Gasteiger partial charge in [-0.1, -0.05) is 43.3 Å². The van der Waals surface area contributed by atoms with Crippen LogP contribution < -0.4 is 10.6 Å². The predicted octanol–water partition coefficient (Wildman–Crippen LogP) is 3.07. The van der Waals surface area contributed by atoms with Crippen molar-refractivity contribution in [3.8, 4) is 0 Å². The van der Waals surface area contributed by atoms with Crippen molar-refractivity contribution >= 4 is 23.8 Å². The van der Waals surface area contributed by atoms with Gasteiger partial charge in [0.25, 0.3) is 0 Å². The number of pyridine rings is 1. The molecule has 3 heterocycles. The van der Waals surface area contributed by atoms with E-state index >= 15 is 0 Å². The molecule has 2 aliphatic heterocycles. The number of likely N-dealkylation sites (tertiary alicyclic amines) is 1. The average Bonchev–Trinajstić information content (AvgIpc) is 3.31. The van der Waals surface area contributed by atoms with Crippen LogP contribution in [0.2, 0.25) is 0 Å². The number of carbonyl (C=O) groups is 4. The van der Waals surface area contributed by atoms with Gasteiger partial charge in [-0.2, -0.15) is 4.39 Å². The molecule has 1 saturated carbocycles. The van der Waals surface area contributed by atoms with Gasteiger partial charge in [0.1, 0.15) is 18.8 Å². The third kappa shape index (κ3) is 6.03. The van der Waals surface area contributed by atoms with Gasteiger partial charge < -0.3 is 15.1 Å². The summed E-state index contributed by atoms with van der Waals surface area (Å²) >= 11 is 0. The Morgan fingerprint density at radius 2 is 1.83 bits per heavy atom. The van der Waals surface area contributed by atoms with Gasteiger partial charge in [0.2, 0.25) is 29.6 Å². The molecule has 13 heteroatoms. The number of carbonyl (C=O) groups excluding carboxylic acids is 4. The molecule has 218 valence electrons. The molecule has 0 radical (unpaired) electrons. The molecular weight excluding hydrogens is 546 g/mol. The molecule has 2 aromatic rings. The second-order valence-corrected chi connectivity index (χ2v) is 10.9. The van der Waals surface area contributed by atoms with Crippen LogP contribution in [0, 0.1) is 11.9 Å². The topological polar surface area (TPSA) is 112 Å². The van der Waals surface area contributed by atoms with E-state index in [9.17, 15) is 36.7 Å². The first-order chi connectivity index (χ1) is 19.4. The fourth-order valence-corrected chi connectivity index (χ4v) is 5.52. The van der Waals surface area contributed by atoms with Crippen molar-refractivity contribution in [2.45, 2.75) is 56.3 Å². The van der Waals surface area contributed by atoms with E-state index in [1.54, 1.807) is 37.3 Å². The molecule has 41 heavy (non-hydrogen) atoms. The number of nitrogens with zero attached hydrogens (tertiary/aromatic N) is 3. The summed E-state index contributed by atoms with van der Waals surface area (Å²) < 4.78 is 56.2. The first-order valence-electron chi connectivity index (χ1n) is 13.3. The molecule has 2 N–H and O–H groups in total. The Morgan fingerprint density at radius 1 is 1.12 bits per heavy atom. The summed E-state index contributed by atoms with van der Waals surface area (Å²) in [5.41, 5.74) is 0.712. The van der Waals surface area contributed by atoms with Crippen LogP contribution in [-0.4, -0.2) is 76.3 Å². The Morgan fingerprint density at radius 3 is 2.49 bits per heavy atom. The summed E-state index contributed by atoms with van der Waals surface area (Å²) in [6.07, 6.45) is -2.70. The summed E-state index contributed by atoms with van der Waals surface area (Å²) in [5.74, 6) is -6.77. The summed E-state index contributed by atoms with van der Waals surface area (Å²) in [5, 5.41) is 4.91. The molecule has 3 aliphatic rings. The van der Waals surface area contributed by atoms with Crippen LogP contribution >= 0.6 is 0 Å². The summed E-state index contributed by atoms with van der Waals surface area (Å²) in [6, 6.07) is 8.41. The van der Waals surface area contributed by atoms with E-state index in [-0.39, 0.29) is 30.8 Å². The first kappa shape index (κ1) is 28.5. The molecule has 1 unspecified atom stereocenters. The largest absolute Gasteiger partial charge is 0.342 e. The molecule has 1 aliphatic carbocycles. The maximum absolute atomic E-state index is 15.0. The van der Waals surface area contributed by atoms with Crippen LogP contribution in [0.15, 0.2) is 42.5 Å². The zero-order valence-electron chi connectivity index (χ0n) is 22.2. The number of alkyl halides is 3. The standard InChI is InChI=1S/C28H29F4N5O4/c1-15-12-36(27(41)35-25(15)39)14-22(38)37-13-18(29)9-21(37)26(40)34-23(16-5-3-2-4-6-16)20-8-7-19(24(30)33-20)17-10-28(31,32)11-17/h2-8,15,17-18,21,23H,9-14H2,1H3,(H,34,40)(H,35,39,41)/t15?,18-,21+,23+/m1/s1. The number of halogens is 4. The Bertz CT molecular complexity index is 1350. The van der Waals surface area contributed by atoms with Gasteiger partial charge in [0.15, 0.2) is 0 Å². The quantitative estimate of drug-likeness (QED) is 0.390. The van der Waals surface area contributed by atoms with Gasteiger partial charge in [-0.15, -0.1) is 0 Å². The highest BCUT2D eigenvalue weighted by Gasteiger charge is 2.47. The Balaban J connectivity index is 1.34. The van der Waals surface area contributed by atoms with Gasteiger partial charge in [-0.25, -0.2) is 22.9 Å². The number of benzene rings is 1. The molecule has 0 bridgehead atoms. The zero-order chi connectivity index (χ0) is 29.5. The molecule has 2 saturated heterocycles. The molecular formula is C28H29F4N5O4. The number of hydrogen-bond acceptors (Lipinski definition) is 5. The summed E-state index contributed by atoms with van der Waals surface area (Å²) in [4.78, 5) is 56.7. The minimum atomic E-state index is -2.83. The van der Waals surface area contributed by atoms with E-state index in [2.05, 4.69) is 15.6 Å². The lowest BCUT2D eigenvalue weighted by Crippen LogP contribution is -2.57. The lowest BCUT2D eigenvalue weighted by atomic mass is 9.77. The molecule has 1 aromatic carbocycles. The van der Waals surface area contributed by atoms with Crippen molar-refractivity contribution in [1.29, 1.82) is 0 Å². The maximum atomic E-state index is 15.0. The SMILES string of the molecule is CC1CN(CC(=O)N2C[C@H](F)C[C@H]2C(=O)N[C@@H](c2ccccc2)c2ccc(C3CC(F)(F)C3)c(F)n2)C(=O)NC1=O. The number of nitrogens with one attached hydrogen (secondary N) is 2. The first-order valence-corrected chi connectivity index (χ1v) is 13.3. The van der Waals surface area contributed by atoms with Gasteiger partial charge >= 0.3 is 6.03 Å². The smallest absolute Gasteiger partial charge is 0.324 e. The second-order valence-electron chi connectivity index (χ2n) is 10.9. The van der Waals surface area contributed by atoms with E-state index in [4.69, 9.17) is 0 Å². The molecule has 1 aromatic heterocycles. The Hall–Kier alpha value is -4.03. The van der Waals surface area contributed by atoms with E-state index in [1.807, 2.05) is 0 Å². The lowest BCUT2D eigenvalue weighted by Gasteiger charge is -2.35. The highest BCUT2D eigenvalue weighted by Crippen LogP contribution is 2.48. The van der Waals surface area contributed by atoms with Crippen LogP contribution in [0.25, 0.3) is 0 Å². The van der Waals surface area contributed by atoms with Crippen LogP contribution in [0.4, 0.5) is 22.4 Å². The number of amides is 5. The van der Waals surface area contributed by atoms with Crippen molar-refractivity contribution in [1.82, 2.24) is 25.4 Å². The van der Waals surface area contributed by atoms with Gasteiger partial charge in [-0.3, -0.25) is 19.7 Å². The monoisotopic (exact) mass is 575 g/mol. The van der Waals surface area contributed by atoms with Crippen LogP contribution in [0.3, 0.4) is 0 Å². The zero-order valence-corrected chi connectivity index (χ0v) is 22.2. The molecule has 5 amide bonds. The van der Waals surface area contributed by atoms with Crippen LogP contribution in [0.5, 0.6) is 0 Å². The molecule has 3 fully saturated rings. The number of imide groups is 1. The third-order valence-electron chi connectivity index (χ3n) is 7.80. The fourth-order valence-electron chi connectivity index (χ4n) is 5.52. The molecule has 0 spiro atoms. The number of hydrogen-bond donors (Lipinski definition) is 2. The van der Waals surface area contributed by atoms with Crippen molar-refractivity contribution in [2.24, 2.45) is 5.92 Å². The Labute approximate surface area is 233 Å². The van der Waals surface area contributed by atoms with Crippen molar-refractivity contribution in [3.05, 3.63) is 65.2 Å². The van der Waals surface area contributed by atoms with Crippen molar-refractivity contribution in [2.75, 3.05) is 19.6 Å². The van der Waals surface area contributed by atoms with Gasteiger partial charge in [-0.05, 0) is 17.5 Å². The second kappa shape index (κ2) is 11.1. The number of rotatable bonds is 7. The third-order valence-corrected chi connectivity index (χ3v) is 7.80. The lowest BCUT2D eigenvalue weighted by molar-refractivity contribution is -0.139. The minimum Gasteiger partial charge on any atom is -0.342 e. The van der Waals surface area contributed by atoms with Crippen LogP contribution in [-0.2, 0) is 14.4 Å². The van der Waals surface area contributed by atoms with Gasteiger partial charge in [0.05, 0.1) is 24.2 Å². The van der Waals surface area contributed by atoms with Crippen molar-refractivity contribution < 1.29 is 36.7 Å². The summed E-state index contributed by atoms with van der Waals surface area (Å²) in [7, 11) is 0. The summed E-state index contributed by atoms with van der Waals surface area (Å²) in [6.45, 7) is 0.792. The van der Waals surface area contributed by atoms with Crippen molar-refractivity contribution in [3.63, 3.8) is 0 Å². The van der Waals surface area contributed by atoms with E-state index in [0.717, 1.165) is 9.80 Å². The number of aromatic nitrogens is 1. The normalized spacial score (nSPS) is 25.0. The minimum absolute atomic E-state index is 0.00196. The molecule has 4 atom stereocenters. The van der Waals surface area contributed by atoms with E-state index in [1.165, 1.54) is 12.1 Å². The highest BCUT2D eigenvalue weighted by molar-refractivity contribution is 5.99. The average molecular weight is 576 g/mol. The van der Waals surface area contributed by atoms with E-state index in [0.29, 0.717) is 5.56 Å². The van der Waals surface area contributed by atoms with Gasteiger partial charge in [0, 0.05) is 31.4 Å². The number of urea groups is 1. The van der Waals surface area contributed by atoms with Crippen LogP contribution in [0.1, 0.15) is 55.0 Å². The maximum Gasteiger partial charge on any atom is 0.324 e. The molecule has 5 rings (SSSR count). The molecule has 9 nitrogen and oxygen atoms in total. The Kier molecular flexibility index (Phi) is 7.71. The van der Waals surface area contributed by atoms with E-state index < -0.39 is 85.1 Å². The fraction of sp³-hybridized carbons (Fsp3) is 0.464. The highest BCUT2D eigenvalue weighted by atomic mass is 19.3. The predicted molar refractivity (Wildman–Crippen MR) is 137 cm³/mol.